The van der Waals surface area contributed by atoms with Gasteiger partial charge < -0.3 is 10.5 Å². The second-order valence-electron chi connectivity index (χ2n) is 6.64. The maximum Gasteiger partial charge on any atom is 0.205 e. The fraction of sp³-hybridized carbons (Fsp3) is 0.238. The minimum Gasteiger partial charge on any atom is -0.444 e. The van der Waals surface area contributed by atoms with Crippen molar-refractivity contribution in [3.63, 3.8) is 0 Å². The van der Waals surface area contributed by atoms with Gasteiger partial charge in [0.2, 0.25) is 5.88 Å². The van der Waals surface area contributed by atoms with E-state index in [9.17, 15) is 10.1 Å². The molecule has 0 unspecified atom stereocenters. The Balaban J connectivity index is 1.61. The summed E-state index contributed by atoms with van der Waals surface area (Å²) in [6, 6.07) is 12.0. The highest BCUT2D eigenvalue weighted by Gasteiger charge is 2.38. The number of nitriles is 1. The highest BCUT2D eigenvalue weighted by atomic mass is 35.5. The lowest BCUT2D eigenvalue weighted by molar-refractivity contribution is -0.116. The summed E-state index contributed by atoms with van der Waals surface area (Å²) in [7, 11) is 0. The monoisotopic (exact) mass is 428 g/mol. The number of hydrogen-bond acceptors (Lipinski definition) is 6. The van der Waals surface area contributed by atoms with Crippen LogP contribution in [0.5, 0.6) is 0 Å². The number of carbonyl (C=O) groups excluding carboxylic acids is 1. The zero-order valence-corrected chi connectivity index (χ0v) is 17.3. The van der Waals surface area contributed by atoms with Crippen molar-refractivity contribution in [1.29, 1.82) is 5.26 Å². The fourth-order valence-corrected chi connectivity index (χ4v) is 5.55. The van der Waals surface area contributed by atoms with Gasteiger partial charge in [0.05, 0.1) is 5.92 Å². The van der Waals surface area contributed by atoms with E-state index in [1.165, 1.54) is 0 Å². The minimum absolute atomic E-state index is 0.0528. The standard InChI is InChI=1S/C21H17ClN2O2S2/c22-13-4-6-14(7-5-13)27-10-12-8-18(28-11-12)19-15(9-23)21(24)26-17-3-1-2-16(25)20(17)19/h4-8,11,19H,1-3,10,24H2/t19-/m0/s1. The van der Waals surface area contributed by atoms with Crippen LogP contribution in [0, 0.1) is 11.3 Å². The van der Waals surface area contributed by atoms with E-state index < -0.39 is 5.92 Å². The van der Waals surface area contributed by atoms with E-state index in [0.717, 1.165) is 32.5 Å². The van der Waals surface area contributed by atoms with E-state index in [0.29, 0.717) is 29.7 Å². The van der Waals surface area contributed by atoms with Crippen molar-refractivity contribution < 1.29 is 9.53 Å². The van der Waals surface area contributed by atoms with Crippen LogP contribution in [0.3, 0.4) is 0 Å². The Bertz CT molecular complexity index is 1030. The second-order valence-corrected chi connectivity index (χ2v) is 9.07. The Morgan fingerprint density at radius 2 is 2.11 bits per heavy atom. The molecule has 2 aromatic rings. The Morgan fingerprint density at radius 3 is 2.86 bits per heavy atom. The average molecular weight is 429 g/mol. The number of allylic oxidation sites excluding steroid dienone is 3. The van der Waals surface area contributed by atoms with Gasteiger partial charge in [-0.25, -0.2) is 0 Å². The molecule has 4 rings (SSSR count). The molecule has 2 N–H and O–H groups in total. The van der Waals surface area contributed by atoms with Crippen LogP contribution >= 0.6 is 34.7 Å². The van der Waals surface area contributed by atoms with Crippen LogP contribution in [0.2, 0.25) is 5.02 Å². The van der Waals surface area contributed by atoms with Crippen LogP contribution in [0.4, 0.5) is 0 Å². The number of hydrogen-bond donors (Lipinski definition) is 1. The van der Waals surface area contributed by atoms with Gasteiger partial charge in [-0.1, -0.05) is 11.6 Å². The molecule has 0 bridgehead atoms. The molecule has 1 aromatic heterocycles. The van der Waals surface area contributed by atoms with Crippen molar-refractivity contribution >= 4 is 40.5 Å². The first-order valence-corrected chi connectivity index (χ1v) is 11.1. The number of ether oxygens (including phenoxy) is 1. The fourth-order valence-electron chi connectivity index (χ4n) is 3.46. The van der Waals surface area contributed by atoms with E-state index >= 15 is 0 Å². The summed E-state index contributed by atoms with van der Waals surface area (Å²) < 4.78 is 5.62. The molecule has 142 valence electrons. The zero-order valence-electron chi connectivity index (χ0n) is 14.9. The maximum atomic E-state index is 12.6. The molecular weight excluding hydrogens is 412 g/mol. The number of nitrogens with zero attached hydrogens (tertiary/aromatic N) is 1. The number of Topliss-reactive ketones (excluding diaryl/α,β-unsaturated/α-hetero) is 1. The summed E-state index contributed by atoms with van der Waals surface area (Å²) in [5.74, 6) is 1.18. The molecule has 28 heavy (non-hydrogen) atoms. The van der Waals surface area contributed by atoms with Crippen molar-refractivity contribution in [2.24, 2.45) is 5.73 Å². The molecule has 4 nitrogen and oxygen atoms in total. The molecule has 2 heterocycles. The Labute approximate surface area is 176 Å². The zero-order chi connectivity index (χ0) is 19.7. The largest absolute Gasteiger partial charge is 0.444 e. The molecule has 7 heteroatoms. The van der Waals surface area contributed by atoms with Crippen molar-refractivity contribution in [2.45, 2.75) is 35.8 Å². The summed E-state index contributed by atoms with van der Waals surface area (Å²) in [5.41, 5.74) is 8.08. The number of thiophene rings is 1. The summed E-state index contributed by atoms with van der Waals surface area (Å²) in [6.07, 6.45) is 1.93. The second kappa shape index (κ2) is 8.04. The lowest BCUT2D eigenvalue weighted by atomic mass is 9.80. The molecule has 0 saturated heterocycles. The highest BCUT2D eigenvalue weighted by molar-refractivity contribution is 7.98. The number of rotatable bonds is 4. The summed E-state index contributed by atoms with van der Waals surface area (Å²) >= 11 is 9.21. The maximum absolute atomic E-state index is 12.6. The van der Waals surface area contributed by atoms with Crippen LogP contribution in [-0.4, -0.2) is 5.78 Å². The third-order valence-corrected chi connectivity index (χ3v) is 7.16. The van der Waals surface area contributed by atoms with Gasteiger partial charge in [-0.15, -0.1) is 23.1 Å². The molecule has 0 amide bonds. The number of nitrogens with two attached hydrogens (primary N) is 1. The highest BCUT2D eigenvalue weighted by Crippen LogP contribution is 2.45. The molecule has 1 aliphatic carbocycles. The molecule has 2 aliphatic rings. The van der Waals surface area contributed by atoms with Gasteiger partial charge in [-0.3, -0.25) is 4.79 Å². The van der Waals surface area contributed by atoms with Crippen molar-refractivity contribution in [1.82, 2.24) is 0 Å². The third kappa shape index (κ3) is 3.70. The molecule has 0 saturated carbocycles. The van der Waals surface area contributed by atoms with Crippen LogP contribution < -0.4 is 5.73 Å². The number of halogens is 1. The van der Waals surface area contributed by atoms with E-state index in [1.54, 1.807) is 23.1 Å². The average Bonchev–Trinajstić information content (AvgIpc) is 3.15. The van der Waals surface area contributed by atoms with E-state index in [1.807, 2.05) is 24.3 Å². The minimum atomic E-state index is -0.416. The number of benzene rings is 1. The molecule has 1 atom stereocenters. The summed E-state index contributed by atoms with van der Waals surface area (Å²) in [5, 5.41) is 12.4. The van der Waals surface area contributed by atoms with Crippen LogP contribution in [-0.2, 0) is 15.3 Å². The third-order valence-electron chi connectivity index (χ3n) is 4.78. The van der Waals surface area contributed by atoms with Crippen LogP contribution in [0.1, 0.15) is 35.6 Å². The van der Waals surface area contributed by atoms with Crippen molar-refractivity contribution in [2.75, 3.05) is 0 Å². The first kappa shape index (κ1) is 19.1. The lowest BCUT2D eigenvalue weighted by Gasteiger charge is -2.30. The molecule has 1 aliphatic heterocycles. The van der Waals surface area contributed by atoms with E-state index in [4.69, 9.17) is 22.1 Å². The summed E-state index contributed by atoms with van der Waals surface area (Å²) in [6.45, 7) is 0. The normalized spacial score (nSPS) is 19.3. The van der Waals surface area contributed by atoms with Gasteiger partial charge in [-0.2, -0.15) is 5.26 Å². The van der Waals surface area contributed by atoms with Gasteiger partial charge in [-0.05, 0) is 47.7 Å². The van der Waals surface area contributed by atoms with E-state index in [-0.39, 0.29) is 11.7 Å². The first-order valence-electron chi connectivity index (χ1n) is 8.86. The Hall–Kier alpha value is -2.20. The predicted octanol–water partition coefficient (Wildman–Crippen LogP) is 5.51. The van der Waals surface area contributed by atoms with Crippen LogP contribution in [0.15, 0.2) is 63.4 Å². The van der Waals surface area contributed by atoms with Gasteiger partial charge in [0, 0.05) is 39.0 Å². The van der Waals surface area contributed by atoms with Crippen molar-refractivity contribution in [3.8, 4) is 6.07 Å². The smallest absolute Gasteiger partial charge is 0.205 e. The van der Waals surface area contributed by atoms with Gasteiger partial charge >= 0.3 is 0 Å². The van der Waals surface area contributed by atoms with Gasteiger partial charge in [0.25, 0.3) is 0 Å². The Morgan fingerprint density at radius 1 is 1.32 bits per heavy atom. The molecule has 0 radical (unpaired) electrons. The van der Waals surface area contributed by atoms with E-state index in [2.05, 4.69) is 17.5 Å². The van der Waals surface area contributed by atoms with Crippen LogP contribution in [0.25, 0.3) is 0 Å². The van der Waals surface area contributed by atoms with Crippen molar-refractivity contribution in [3.05, 3.63) is 74.0 Å². The SMILES string of the molecule is N#CC1=C(N)OC2=C(C(=O)CCC2)[C@@H]1c1cc(CSc2ccc(Cl)cc2)cs1. The lowest BCUT2D eigenvalue weighted by Crippen LogP contribution is -2.27. The van der Waals surface area contributed by atoms with Gasteiger partial charge in [0.1, 0.15) is 17.4 Å². The quantitative estimate of drug-likeness (QED) is 0.650. The Kier molecular flexibility index (Phi) is 5.49. The summed E-state index contributed by atoms with van der Waals surface area (Å²) in [4.78, 5) is 14.7. The number of carbonyl (C=O) groups is 1. The van der Waals surface area contributed by atoms with Gasteiger partial charge in [0.15, 0.2) is 5.78 Å². The number of ketones is 1. The first-order chi connectivity index (χ1) is 13.6. The number of thioether (sulfide) groups is 1. The predicted molar refractivity (Wildman–Crippen MR) is 112 cm³/mol. The molecule has 1 aromatic carbocycles. The molecule has 0 fully saturated rings. The molecule has 0 spiro atoms. The molecular formula is C21H17ClN2O2S2. The topological polar surface area (TPSA) is 76.1 Å².